The van der Waals surface area contributed by atoms with E-state index in [-0.39, 0.29) is 22.0 Å². The van der Waals surface area contributed by atoms with Crippen LogP contribution < -0.4 is 4.90 Å². The van der Waals surface area contributed by atoms with Gasteiger partial charge < -0.3 is 19.3 Å². The van der Waals surface area contributed by atoms with Gasteiger partial charge in [-0.25, -0.2) is 23.9 Å². The number of methoxy groups -OCH3 is 1. The Balaban J connectivity index is 1.72. The highest BCUT2D eigenvalue weighted by Gasteiger charge is 2.34. The van der Waals surface area contributed by atoms with Crippen molar-refractivity contribution in [1.82, 2.24) is 19.7 Å². The molecule has 0 saturated carbocycles. The molecule has 0 aliphatic heterocycles. The van der Waals surface area contributed by atoms with Crippen molar-refractivity contribution in [2.45, 2.75) is 76.4 Å². The van der Waals surface area contributed by atoms with Crippen LogP contribution >= 0.6 is 23.4 Å². The van der Waals surface area contributed by atoms with Crippen molar-refractivity contribution in [3.05, 3.63) is 95.0 Å². The normalized spacial score (nSPS) is 13.2. The first-order chi connectivity index (χ1) is 23.9. The molecule has 3 heterocycles. The van der Waals surface area contributed by atoms with Crippen molar-refractivity contribution in [1.29, 1.82) is 0 Å². The number of benzene rings is 2. The largest absolute Gasteiger partial charge is 0.465 e. The number of aromatic nitrogens is 4. The number of nitrogens with zero attached hydrogens (tertiary/aromatic N) is 5. The van der Waals surface area contributed by atoms with Gasteiger partial charge >= 0.3 is 12.1 Å². The van der Waals surface area contributed by atoms with Gasteiger partial charge in [-0.05, 0) is 95.6 Å². The van der Waals surface area contributed by atoms with Crippen molar-refractivity contribution >= 4 is 57.8 Å². The third kappa shape index (κ3) is 8.85. The Morgan fingerprint density at radius 2 is 1.71 bits per heavy atom. The van der Waals surface area contributed by atoms with Crippen LogP contribution in [0.5, 0.6) is 0 Å². The molecule has 0 bridgehead atoms. The summed E-state index contributed by atoms with van der Waals surface area (Å²) < 4.78 is 33.5. The quantitative estimate of drug-likeness (QED) is 0.0890. The summed E-state index contributed by atoms with van der Waals surface area (Å²) in [6.07, 6.45) is 2.35. The van der Waals surface area contributed by atoms with Crippen molar-refractivity contribution < 1.29 is 33.3 Å². The van der Waals surface area contributed by atoms with Gasteiger partial charge in [0.1, 0.15) is 22.1 Å². The zero-order valence-corrected chi connectivity index (χ0v) is 31.1. The van der Waals surface area contributed by atoms with E-state index in [9.17, 15) is 14.7 Å². The van der Waals surface area contributed by atoms with Crippen molar-refractivity contribution in [3.8, 4) is 11.3 Å². The van der Waals surface area contributed by atoms with Gasteiger partial charge in [0.05, 0.1) is 35.3 Å². The first-order valence-electron chi connectivity index (χ1n) is 15.9. The molecule has 2 aromatic carbocycles. The molecule has 1 atom stereocenters. The molecule has 0 aliphatic carbocycles. The minimum atomic E-state index is -1.81. The topological polar surface area (TPSA) is 129 Å². The van der Waals surface area contributed by atoms with E-state index >= 15 is 4.39 Å². The second-order valence-electron chi connectivity index (χ2n) is 13.7. The lowest BCUT2D eigenvalue weighted by Gasteiger charge is -2.33. The van der Waals surface area contributed by atoms with Crippen molar-refractivity contribution in [2.24, 2.45) is 0 Å². The summed E-state index contributed by atoms with van der Waals surface area (Å²) in [6, 6.07) is 15.9. The van der Waals surface area contributed by atoms with Gasteiger partial charge in [-0.15, -0.1) is 10.2 Å². The average molecular weight is 736 g/mol. The monoisotopic (exact) mass is 735 g/mol. The van der Waals surface area contributed by atoms with E-state index < -0.39 is 35.0 Å². The summed E-state index contributed by atoms with van der Waals surface area (Å²) in [5.41, 5.74) is 0.573. The molecule has 0 radical (unpaired) electrons. The number of ether oxygens (including phenoxy) is 3. The van der Waals surface area contributed by atoms with Gasteiger partial charge in [-0.1, -0.05) is 35.5 Å². The third-order valence-electron chi connectivity index (χ3n) is 7.24. The third-order valence-corrected chi connectivity index (χ3v) is 8.52. The van der Waals surface area contributed by atoms with Gasteiger partial charge in [0.2, 0.25) is 0 Å². The minimum Gasteiger partial charge on any atom is -0.465 e. The van der Waals surface area contributed by atoms with Gasteiger partial charge in [-0.3, -0.25) is 4.57 Å². The molecule has 0 spiro atoms. The Morgan fingerprint density at radius 3 is 2.39 bits per heavy atom. The molecule has 51 heavy (non-hydrogen) atoms. The van der Waals surface area contributed by atoms with Crippen LogP contribution in [0.4, 0.5) is 20.6 Å². The summed E-state index contributed by atoms with van der Waals surface area (Å²) in [7, 11) is 1.31. The SMILES string of the molecule is COC(=O)c1cccc(CSc2nnc(-c3cc(Cl)ccc3F)cc2N(C(=O)OC(C)(C)C)c2ccnc3c2ccn3C(C)(O)OC(C)(C)C)c1. The molecule has 11 nitrogen and oxygen atoms in total. The molecule has 5 aromatic rings. The van der Waals surface area contributed by atoms with Crippen molar-refractivity contribution in [2.75, 3.05) is 12.0 Å². The Kier molecular flexibility index (Phi) is 10.8. The number of hydrogen-bond donors (Lipinski definition) is 1. The number of rotatable bonds is 9. The zero-order chi connectivity index (χ0) is 37.3. The number of carbonyl (C=O) groups is 2. The van der Waals surface area contributed by atoms with Crippen LogP contribution in [0.3, 0.4) is 0 Å². The number of halogens is 2. The molecule has 0 fully saturated rings. The fourth-order valence-corrected chi connectivity index (χ4v) is 6.39. The Bertz CT molecular complexity index is 2090. The first kappa shape index (κ1) is 37.7. The lowest BCUT2D eigenvalue weighted by molar-refractivity contribution is -0.293. The predicted molar refractivity (Wildman–Crippen MR) is 195 cm³/mol. The standard InChI is InChI=1S/C37H39ClFN5O6S/c1-35(2,3)49-34(46)44(29-14-16-40-31-25(29)15-17-43(31)37(7,47)50-36(4,5)6)30-20-28(26-19-24(38)12-13-27(26)39)41-42-32(30)51-21-22-10-9-11-23(18-22)33(45)48-8/h9-20,47H,21H2,1-8H3. The van der Waals surface area contributed by atoms with E-state index in [0.29, 0.717) is 33.1 Å². The molecule has 0 saturated heterocycles. The minimum absolute atomic E-state index is 0.0733. The molecule has 1 N–H and O–H groups in total. The van der Waals surface area contributed by atoms with Crippen LogP contribution in [0, 0.1) is 5.82 Å². The number of anilines is 2. The number of amides is 1. The number of thioether (sulfide) groups is 1. The number of aliphatic hydroxyl groups is 1. The number of carbonyl (C=O) groups excluding carboxylic acids is 2. The van der Waals surface area contributed by atoms with Gasteiger partial charge in [-0.2, -0.15) is 0 Å². The van der Waals surface area contributed by atoms with Crippen LogP contribution in [-0.4, -0.2) is 55.2 Å². The first-order valence-corrected chi connectivity index (χ1v) is 17.3. The number of fused-ring (bicyclic) bond motifs is 1. The summed E-state index contributed by atoms with van der Waals surface area (Å²) in [4.78, 5) is 32.4. The van der Waals surface area contributed by atoms with E-state index in [0.717, 1.165) is 5.56 Å². The highest BCUT2D eigenvalue weighted by atomic mass is 35.5. The molecule has 14 heteroatoms. The van der Waals surface area contributed by atoms with E-state index in [1.165, 1.54) is 59.7 Å². The lowest BCUT2D eigenvalue weighted by Crippen LogP contribution is -2.39. The smallest absolute Gasteiger partial charge is 0.419 e. The van der Waals surface area contributed by atoms with E-state index in [1.807, 2.05) is 26.8 Å². The molecular weight excluding hydrogens is 697 g/mol. The second kappa shape index (κ2) is 14.6. The van der Waals surface area contributed by atoms with Gasteiger partial charge in [0.15, 0.2) is 0 Å². The van der Waals surface area contributed by atoms with Crippen molar-refractivity contribution in [3.63, 3.8) is 0 Å². The Hall–Kier alpha value is -4.56. The summed E-state index contributed by atoms with van der Waals surface area (Å²) in [5.74, 6) is -2.56. The van der Waals surface area contributed by atoms with Crippen LogP contribution in [0.25, 0.3) is 22.3 Å². The average Bonchev–Trinajstić information content (AvgIpc) is 3.49. The summed E-state index contributed by atoms with van der Waals surface area (Å²) >= 11 is 7.49. The Labute approximate surface area is 304 Å². The maximum absolute atomic E-state index is 15.2. The van der Waals surface area contributed by atoms with Crippen LogP contribution in [-0.2, 0) is 25.9 Å². The van der Waals surface area contributed by atoms with Gasteiger partial charge in [0.25, 0.3) is 5.91 Å². The van der Waals surface area contributed by atoms with E-state index in [4.69, 9.17) is 25.8 Å². The molecular formula is C37H39ClFN5O6S. The molecule has 3 aromatic heterocycles. The highest BCUT2D eigenvalue weighted by Crippen LogP contribution is 2.41. The summed E-state index contributed by atoms with van der Waals surface area (Å²) in [6.45, 7) is 12.2. The zero-order valence-electron chi connectivity index (χ0n) is 29.5. The molecule has 268 valence electrons. The van der Waals surface area contributed by atoms with Crippen LogP contribution in [0.2, 0.25) is 5.02 Å². The Morgan fingerprint density at radius 1 is 0.961 bits per heavy atom. The molecule has 5 rings (SSSR count). The van der Waals surface area contributed by atoms with E-state index in [1.54, 1.807) is 63.4 Å². The maximum atomic E-state index is 15.2. The molecule has 1 amide bonds. The summed E-state index contributed by atoms with van der Waals surface area (Å²) in [5, 5.41) is 21.3. The van der Waals surface area contributed by atoms with Crippen LogP contribution in [0.15, 0.2) is 78.1 Å². The molecule has 1 unspecified atom stereocenters. The molecule has 0 aliphatic rings. The predicted octanol–water partition coefficient (Wildman–Crippen LogP) is 8.88. The van der Waals surface area contributed by atoms with E-state index in [2.05, 4.69) is 15.2 Å². The second-order valence-corrected chi connectivity index (χ2v) is 15.1. The van der Waals surface area contributed by atoms with Crippen LogP contribution in [0.1, 0.15) is 64.4 Å². The number of pyridine rings is 1. The van der Waals surface area contributed by atoms with Gasteiger partial charge in [0, 0.05) is 41.0 Å². The highest BCUT2D eigenvalue weighted by molar-refractivity contribution is 7.98. The lowest BCUT2D eigenvalue weighted by atomic mass is 10.1. The number of esters is 1. The number of hydrogen-bond acceptors (Lipinski definition) is 10. The fraction of sp³-hybridized carbons (Fsp3) is 0.324. The fourth-order valence-electron chi connectivity index (χ4n) is 5.33. The maximum Gasteiger partial charge on any atom is 0.419 e.